The van der Waals surface area contributed by atoms with E-state index in [1.54, 1.807) is 11.6 Å². The van der Waals surface area contributed by atoms with Gasteiger partial charge in [-0.1, -0.05) is 36.8 Å². The molecular formula is C16H20N6O2. The van der Waals surface area contributed by atoms with Crippen molar-refractivity contribution < 1.29 is 9.59 Å². The van der Waals surface area contributed by atoms with Gasteiger partial charge >= 0.3 is 6.03 Å². The van der Waals surface area contributed by atoms with Gasteiger partial charge in [-0.3, -0.25) is 9.69 Å². The summed E-state index contributed by atoms with van der Waals surface area (Å²) in [5.74, 6) is 0.191. The smallest absolute Gasteiger partial charge is 0.319 e. The van der Waals surface area contributed by atoms with Gasteiger partial charge in [-0.05, 0) is 36.3 Å². The molecule has 1 aliphatic rings. The molecule has 1 saturated heterocycles. The third-order valence-electron chi connectivity index (χ3n) is 4.24. The van der Waals surface area contributed by atoms with Crippen molar-refractivity contribution in [1.29, 1.82) is 0 Å². The number of carbonyl (C=O) groups excluding carboxylic acids is 2. The summed E-state index contributed by atoms with van der Waals surface area (Å²) in [6.07, 6.45) is 0.860. The van der Waals surface area contributed by atoms with E-state index in [-0.39, 0.29) is 12.5 Å². The van der Waals surface area contributed by atoms with Crippen molar-refractivity contribution in [2.24, 2.45) is 0 Å². The number of rotatable bonds is 5. The maximum atomic E-state index is 12.9. The molecular weight excluding hydrogens is 308 g/mol. The monoisotopic (exact) mass is 328 g/mol. The van der Waals surface area contributed by atoms with E-state index in [0.717, 1.165) is 22.4 Å². The summed E-state index contributed by atoms with van der Waals surface area (Å²) >= 11 is 0. The van der Waals surface area contributed by atoms with Gasteiger partial charge in [0.1, 0.15) is 5.54 Å². The molecule has 126 valence electrons. The van der Waals surface area contributed by atoms with Crippen LogP contribution in [0.4, 0.5) is 4.79 Å². The minimum atomic E-state index is -1.08. The number of nitrogens with zero attached hydrogens (tertiary/aromatic N) is 5. The third kappa shape index (κ3) is 2.64. The maximum absolute atomic E-state index is 12.9. The first-order chi connectivity index (χ1) is 11.5. The summed E-state index contributed by atoms with van der Waals surface area (Å²) in [6, 6.07) is 7.12. The molecule has 1 aliphatic heterocycles. The average molecular weight is 328 g/mol. The quantitative estimate of drug-likeness (QED) is 0.837. The summed E-state index contributed by atoms with van der Waals surface area (Å²) in [5.41, 5.74) is 0.769. The highest BCUT2D eigenvalue weighted by molar-refractivity contribution is 6.07. The lowest BCUT2D eigenvalue weighted by Gasteiger charge is -2.22. The molecule has 0 saturated carbocycles. The number of hydrogen-bond acceptors (Lipinski definition) is 5. The van der Waals surface area contributed by atoms with Gasteiger partial charge in [0.2, 0.25) is 0 Å². The van der Waals surface area contributed by atoms with Gasteiger partial charge in [0.05, 0.1) is 6.54 Å². The Kier molecular flexibility index (Phi) is 4.04. The van der Waals surface area contributed by atoms with Crippen LogP contribution in [-0.4, -0.2) is 37.0 Å². The summed E-state index contributed by atoms with van der Waals surface area (Å²) in [5, 5.41) is 14.2. The topological polar surface area (TPSA) is 93.0 Å². The molecule has 0 radical (unpaired) electrons. The molecule has 8 nitrogen and oxygen atoms in total. The molecule has 1 atom stereocenters. The lowest BCUT2D eigenvalue weighted by molar-refractivity contribution is -0.131. The second-order valence-electron chi connectivity index (χ2n) is 6.13. The molecule has 1 aromatic heterocycles. The van der Waals surface area contributed by atoms with Crippen molar-refractivity contribution in [3.8, 4) is 0 Å². The highest BCUT2D eigenvalue weighted by Crippen LogP contribution is 2.29. The van der Waals surface area contributed by atoms with Gasteiger partial charge in [-0.25, -0.2) is 9.48 Å². The number of tetrazole rings is 1. The van der Waals surface area contributed by atoms with Gasteiger partial charge in [0.25, 0.3) is 5.91 Å². The Morgan fingerprint density at radius 3 is 2.58 bits per heavy atom. The zero-order chi connectivity index (χ0) is 17.3. The predicted octanol–water partition coefficient (Wildman–Crippen LogP) is 1.36. The van der Waals surface area contributed by atoms with Crippen LogP contribution in [0.1, 0.15) is 37.2 Å². The molecule has 2 heterocycles. The van der Waals surface area contributed by atoms with E-state index in [2.05, 4.69) is 20.8 Å². The highest BCUT2D eigenvalue weighted by atomic mass is 16.2. The van der Waals surface area contributed by atoms with Crippen LogP contribution in [0.5, 0.6) is 0 Å². The summed E-state index contributed by atoms with van der Waals surface area (Å²) in [7, 11) is 0. The largest absolute Gasteiger partial charge is 0.325 e. The number of imide groups is 1. The average Bonchev–Trinajstić information content (AvgIpc) is 3.07. The number of benzene rings is 1. The van der Waals surface area contributed by atoms with Crippen LogP contribution in [0.15, 0.2) is 24.3 Å². The van der Waals surface area contributed by atoms with E-state index in [4.69, 9.17) is 0 Å². The van der Waals surface area contributed by atoms with Gasteiger partial charge in [-0.15, -0.1) is 5.10 Å². The molecule has 24 heavy (non-hydrogen) atoms. The number of carbonyl (C=O) groups is 2. The molecule has 1 N–H and O–H groups in total. The number of aryl methyl sites for hydroxylation is 2. The van der Waals surface area contributed by atoms with Gasteiger partial charge in [0.15, 0.2) is 5.82 Å². The first-order valence-electron chi connectivity index (χ1n) is 7.92. The van der Waals surface area contributed by atoms with Crippen molar-refractivity contribution in [2.75, 3.05) is 0 Å². The Morgan fingerprint density at radius 2 is 1.92 bits per heavy atom. The van der Waals surface area contributed by atoms with Gasteiger partial charge in [0, 0.05) is 6.54 Å². The Labute approximate surface area is 139 Å². The third-order valence-corrected chi connectivity index (χ3v) is 4.24. The summed E-state index contributed by atoms with van der Waals surface area (Å²) in [4.78, 5) is 26.4. The van der Waals surface area contributed by atoms with E-state index in [1.165, 1.54) is 0 Å². The van der Waals surface area contributed by atoms with E-state index in [0.29, 0.717) is 12.4 Å². The Balaban J connectivity index is 1.86. The first kappa shape index (κ1) is 16.1. The van der Waals surface area contributed by atoms with Gasteiger partial charge in [-0.2, -0.15) is 0 Å². The van der Waals surface area contributed by atoms with Crippen LogP contribution in [0.3, 0.4) is 0 Å². The molecule has 3 rings (SSSR count). The lowest BCUT2D eigenvalue weighted by Crippen LogP contribution is -2.40. The molecule has 0 spiro atoms. The van der Waals surface area contributed by atoms with E-state index in [9.17, 15) is 9.59 Å². The first-order valence-corrected chi connectivity index (χ1v) is 7.92. The highest BCUT2D eigenvalue weighted by Gasteiger charge is 2.49. The minimum Gasteiger partial charge on any atom is -0.319 e. The van der Waals surface area contributed by atoms with Crippen molar-refractivity contribution in [3.05, 3.63) is 41.2 Å². The lowest BCUT2D eigenvalue weighted by atomic mass is 9.91. The Hall–Kier alpha value is -2.77. The Bertz CT molecular complexity index is 769. The molecule has 1 fully saturated rings. The van der Waals surface area contributed by atoms with E-state index < -0.39 is 11.6 Å². The van der Waals surface area contributed by atoms with Crippen LogP contribution >= 0.6 is 0 Å². The molecule has 8 heteroatoms. The molecule has 0 unspecified atom stereocenters. The fourth-order valence-electron chi connectivity index (χ4n) is 2.79. The zero-order valence-corrected chi connectivity index (χ0v) is 14.0. The Morgan fingerprint density at radius 1 is 1.21 bits per heavy atom. The number of hydrogen-bond donors (Lipinski definition) is 1. The van der Waals surface area contributed by atoms with Crippen molar-refractivity contribution in [3.63, 3.8) is 0 Å². The predicted molar refractivity (Wildman–Crippen MR) is 85.7 cm³/mol. The van der Waals surface area contributed by atoms with Crippen LogP contribution in [0.2, 0.25) is 0 Å². The van der Waals surface area contributed by atoms with Crippen molar-refractivity contribution in [1.82, 2.24) is 30.4 Å². The maximum Gasteiger partial charge on any atom is 0.325 e. The second kappa shape index (κ2) is 6.03. The minimum absolute atomic E-state index is 0.0547. The molecule has 1 aromatic carbocycles. The number of amides is 3. The fourth-order valence-corrected chi connectivity index (χ4v) is 2.79. The van der Waals surface area contributed by atoms with Crippen LogP contribution in [-0.2, 0) is 23.4 Å². The molecule has 0 aliphatic carbocycles. The SMILES string of the molecule is CCCn1nnnc1CN1C(=O)N[C@](C)(c2ccc(C)cc2)C1=O. The van der Waals surface area contributed by atoms with Crippen molar-refractivity contribution >= 4 is 11.9 Å². The normalized spacial score (nSPS) is 20.5. The standard InChI is InChI=1S/C16H20N6O2/c1-4-9-22-13(18-19-20-22)10-21-14(23)16(3,17-15(21)24)12-7-5-11(2)6-8-12/h5-8H,4,9-10H2,1-3H3,(H,17,24)/t16-/m1/s1. The molecule has 2 aromatic rings. The zero-order valence-electron chi connectivity index (χ0n) is 14.0. The molecule has 3 amide bonds. The van der Waals surface area contributed by atoms with Crippen LogP contribution in [0.25, 0.3) is 0 Å². The fraction of sp³-hybridized carbons (Fsp3) is 0.438. The van der Waals surface area contributed by atoms with Crippen LogP contribution in [0, 0.1) is 6.92 Å². The number of aromatic nitrogens is 4. The number of nitrogens with one attached hydrogen (secondary N) is 1. The van der Waals surface area contributed by atoms with Gasteiger partial charge < -0.3 is 5.32 Å². The summed E-state index contributed by atoms with van der Waals surface area (Å²) in [6.45, 7) is 6.39. The van der Waals surface area contributed by atoms with E-state index >= 15 is 0 Å². The number of urea groups is 1. The van der Waals surface area contributed by atoms with Crippen molar-refractivity contribution in [2.45, 2.75) is 45.8 Å². The summed E-state index contributed by atoms with van der Waals surface area (Å²) < 4.78 is 1.61. The molecule has 0 bridgehead atoms. The van der Waals surface area contributed by atoms with E-state index in [1.807, 2.05) is 38.1 Å². The second-order valence-corrected chi connectivity index (χ2v) is 6.13. The van der Waals surface area contributed by atoms with Crippen LogP contribution < -0.4 is 5.32 Å².